The molecule has 0 bridgehead atoms. The van der Waals surface area contributed by atoms with E-state index in [2.05, 4.69) is 41.5 Å². The van der Waals surface area contributed by atoms with Crippen LogP contribution in [0.2, 0.25) is 5.02 Å². The van der Waals surface area contributed by atoms with Crippen LogP contribution in [0.5, 0.6) is 0 Å². The topological polar surface area (TPSA) is 26.5 Å². The van der Waals surface area contributed by atoms with Gasteiger partial charge in [-0.05, 0) is 61.4 Å². The lowest BCUT2D eigenvalue weighted by Crippen LogP contribution is -2.41. The van der Waals surface area contributed by atoms with E-state index in [1.165, 1.54) is 16.8 Å². The summed E-state index contributed by atoms with van der Waals surface area (Å²) in [4.78, 5) is 2.28. The SMILES string of the molecule is Cc1cccc(N2C[C@](O)(c3ccc(Cl)cc3)[N+]3=C2SCCC3)c1C. The molecule has 0 aliphatic carbocycles. The molecule has 0 aromatic heterocycles. The zero-order valence-electron chi connectivity index (χ0n) is 14.5. The number of hydrogen-bond donors (Lipinski definition) is 1. The van der Waals surface area contributed by atoms with E-state index in [9.17, 15) is 5.11 Å². The van der Waals surface area contributed by atoms with Crippen molar-refractivity contribution in [1.82, 2.24) is 0 Å². The second-order valence-electron chi connectivity index (χ2n) is 6.76. The van der Waals surface area contributed by atoms with E-state index in [4.69, 9.17) is 11.6 Å². The van der Waals surface area contributed by atoms with Gasteiger partial charge in [0.15, 0.2) is 6.54 Å². The molecule has 2 aromatic rings. The van der Waals surface area contributed by atoms with Crippen LogP contribution in [0.1, 0.15) is 23.1 Å². The first-order valence-corrected chi connectivity index (χ1v) is 9.96. The molecule has 3 nitrogen and oxygen atoms in total. The average molecular weight is 374 g/mol. The number of β-amino-alcohol motifs (C(OH)–C–C–N with tert-alkyl or cyclic N) is 1. The Morgan fingerprint density at radius 1 is 1.16 bits per heavy atom. The molecule has 0 spiro atoms. The molecular formula is C20H22ClN2OS+. The fraction of sp³-hybridized carbons (Fsp3) is 0.350. The first-order valence-electron chi connectivity index (χ1n) is 8.60. The quantitative estimate of drug-likeness (QED) is 0.802. The summed E-state index contributed by atoms with van der Waals surface area (Å²) in [5, 5.41) is 13.5. The van der Waals surface area contributed by atoms with Crippen LogP contribution in [0.25, 0.3) is 0 Å². The molecule has 2 aromatic carbocycles. The summed E-state index contributed by atoms with van der Waals surface area (Å²) in [6.07, 6.45) is 1.07. The fourth-order valence-electron chi connectivity index (χ4n) is 3.68. The monoisotopic (exact) mass is 373 g/mol. The predicted molar refractivity (Wildman–Crippen MR) is 106 cm³/mol. The smallest absolute Gasteiger partial charge is 0.316 e. The molecular weight excluding hydrogens is 352 g/mol. The highest BCUT2D eigenvalue weighted by atomic mass is 35.5. The van der Waals surface area contributed by atoms with E-state index in [1.54, 1.807) is 0 Å². The van der Waals surface area contributed by atoms with Crippen molar-refractivity contribution in [2.24, 2.45) is 0 Å². The molecule has 1 N–H and O–H groups in total. The van der Waals surface area contributed by atoms with Crippen molar-refractivity contribution in [1.29, 1.82) is 0 Å². The zero-order valence-corrected chi connectivity index (χ0v) is 16.1. The fourth-order valence-corrected chi connectivity index (χ4v) is 4.98. The van der Waals surface area contributed by atoms with Gasteiger partial charge in [0.2, 0.25) is 0 Å². The van der Waals surface area contributed by atoms with Gasteiger partial charge in [-0.15, -0.1) is 0 Å². The van der Waals surface area contributed by atoms with E-state index >= 15 is 0 Å². The minimum atomic E-state index is -1.02. The summed E-state index contributed by atoms with van der Waals surface area (Å²) >= 11 is 7.88. The van der Waals surface area contributed by atoms with Gasteiger partial charge < -0.3 is 5.11 Å². The number of aryl methyl sites for hydroxylation is 1. The van der Waals surface area contributed by atoms with E-state index < -0.39 is 5.72 Å². The Labute approximate surface area is 157 Å². The molecule has 0 saturated heterocycles. The second-order valence-corrected chi connectivity index (χ2v) is 8.26. The number of benzene rings is 2. The predicted octanol–water partition coefficient (Wildman–Crippen LogP) is 4.13. The van der Waals surface area contributed by atoms with Crippen LogP contribution in [-0.2, 0) is 5.72 Å². The molecule has 0 radical (unpaired) electrons. The van der Waals surface area contributed by atoms with Crippen molar-refractivity contribution in [3.63, 3.8) is 0 Å². The molecule has 0 saturated carbocycles. The summed E-state index contributed by atoms with van der Waals surface area (Å²) in [7, 11) is 0. The number of halogens is 1. The first kappa shape index (κ1) is 17.0. The largest absolute Gasteiger partial charge is 0.346 e. The Morgan fingerprint density at radius 3 is 2.68 bits per heavy atom. The lowest BCUT2D eigenvalue weighted by Gasteiger charge is -2.24. The van der Waals surface area contributed by atoms with Crippen LogP contribution in [-0.4, -0.2) is 33.7 Å². The van der Waals surface area contributed by atoms with Gasteiger partial charge in [-0.1, -0.05) is 35.9 Å². The van der Waals surface area contributed by atoms with Crippen molar-refractivity contribution in [3.8, 4) is 0 Å². The number of amidine groups is 1. The molecule has 0 amide bonds. The molecule has 0 fully saturated rings. The highest BCUT2D eigenvalue weighted by Gasteiger charge is 2.53. The molecule has 0 unspecified atom stereocenters. The Balaban J connectivity index is 1.83. The van der Waals surface area contributed by atoms with Crippen molar-refractivity contribution in [2.75, 3.05) is 23.7 Å². The van der Waals surface area contributed by atoms with Crippen molar-refractivity contribution in [2.45, 2.75) is 26.0 Å². The Hall–Kier alpha value is -1.49. The highest BCUT2D eigenvalue weighted by molar-refractivity contribution is 8.13. The van der Waals surface area contributed by atoms with Crippen molar-refractivity contribution < 1.29 is 9.68 Å². The number of thioether (sulfide) groups is 1. The average Bonchev–Trinajstić information content (AvgIpc) is 2.92. The van der Waals surface area contributed by atoms with E-state index in [1.807, 2.05) is 36.0 Å². The van der Waals surface area contributed by atoms with Gasteiger partial charge in [0, 0.05) is 16.3 Å². The van der Waals surface area contributed by atoms with Crippen LogP contribution >= 0.6 is 23.4 Å². The first-order chi connectivity index (χ1) is 12.0. The number of nitrogens with zero attached hydrogens (tertiary/aromatic N) is 2. The third-order valence-corrected chi connectivity index (χ3v) is 6.66. The van der Waals surface area contributed by atoms with Gasteiger partial charge >= 0.3 is 5.17 Å². The summed E-state index contributed by atoms with van der Waals surface area (Å²) in [5.41, 5.74) is 3.58. The van der Waals surface area contributed by atoms with Gasteiger partial charge in [-0.2, -0.15) is 0 Å². The zero-order chi connectivity index (χ0) is 17.6. The third-order valence-electron chi connectivity index (χ3n) is 5.22. The maximum Gasteiger partial charge on any atom is 0.316 e. The molecule has 1 atom stereocenters. The van der Waals surface area contributed by atoms with Crippen molar-refractivity contribution >= 4 is 34.2 Å². The third kappa shape index (κ3) is 2.77. The summed E-state index contributed by atoms with van der Waals surface area (Å²) in [6, 6.07) is 14.0. The lowest BCUT2D eigenvalue weighted by atomic mass is 10.0. The minimum Gasteiger partial charge on any atom is -0.346 e. The Kier molecular flexibility index (Phi) is 4.30. The van der Waals surface area contributed by atoms with E-state index in [-0.39, 0.29) is 0 Å². The molecule has 2 heterocycles. The van der Waals surface area contributed by atoms with Crippen LogP contribution in [0.3, 0.4) is 0 Å². The number of anilines is 1. The standard InChI is InChI=1S/C20H22ClN2OS/c1-14-5-3-6-18(15(14)2)22-13-20(24,16-7-9-17(21)10-8-16)23-11-4-12-25-19(22)23/h3,5-10,24H,4,11-13H2,1-2H3/q+1/t20-/m0/s1. The van der Waals surface area contributed by atoms with Crippen LogP contribution in [0.15, 0.2) is 42.5 Å². The summed E-state index contributed by atoms with van der Waals surface area (Å²) < 4.78 is 2.16. The molecule has 2 aliphatic rings. The number of rotatable bonds is 2. The summed E-state index contributed by atoms with van der Waals surface area (Å²) in [5.74, 6) is 1.09. The molecule has 130 valence electrons. The van der Waals surface area contributed by atoms with Gasteiger partial charge in [-0.25, -0.2) is 9.48 Å². The van der Waals surface area contributed by atoms with Crippen LogP contribution in [0.4, 0.5) is 5.69 Å². The Morgan fingerprint density at radius 2 is 1.92 bits per heavy atom. The maximum atomic E-state index is 11.6. The molecule has 5 heteroatoms. The number of hydrogen-bond acceptors (Lipinski definition) is 3. The molecule has 25 heavy (non-hydrogen) atoms. The Bertz CT molecular complexity index is 849. The molecule has 2 aliphatic heterocycles. The van der Waals surface area contributed by atoms with E-state index in [0.717, 1.165) is 29.4 Å². The van der Waals surface area contributed by atoms with Crippen LogP contribution < -0.4 is 4.90 Å². The molecule has 4 rings (SSSR count). The summed E-state index contributed by atoms with van der Waals surface area (Å²) in [6.45, 7) is 5.68. The van der Waals surface area contributed by atoms with Gasteiger partial charge in [-0.3, -0.25) is 0 Å². The highest BCUT2D eigenvalue weighted by Crippen LogP contribution is 2.39. The van der Waals surface area contributed by atoms with Crippen LogP contribution in [0, 0.1) is 13.8 Å². The maximum absolute atomic E-state index is 11.6. The van der Waals surface area contributed by atoms with Gasteiger partial charge in [0.25, 0.3) is 5.72 Å². The lowest BCUT2D eigenvalue weighted by molar-refractivity contribution is -0.656. The van der Waals surface area contributed by atoms with Gasteiger partial charge in [0.1, 0.15) is 5.69 Å². The number of aliphatic hydroxyl groups is 1. The second kappa shape index (κ2) is 6.35. The van der Waals surface area contributed by atoms with Crippen molar-refractivity contribution in [3.05, 3.63) is 64.2 Å². The van der Waals surface area contributed by atoms with E-state index in [0.29, 0.717) is 11.6 Å². The minimum absolute atomic E-state index is 0.529. The normalized spacial score (nSPS) is 23.1. The van der Waals surface area contributed by atoms with Gasteiger partial charge in [0.05, 0.1) is 6.54 Å².